The first-order valence-corrected chi connectivity index (χ1v) is 4.26. The Balaban J connectivity index is 2.50. The number of carboxylic acids is 1. The third-order valence-electron chi connectivity index (χ3n) is 1.59. The molecular formula is C7H6N2O2S. The molecular weight excluding hydrogens is 176 g/mol. The highest BCUT2D eigenvalue weighted by Crippen LogP contribution is 2.25. The average molecular weight is 182 g/mol. The fourth-order valence-electron chi connectivity index (χ4n) is 1.07. The first kappa shape index (κ1) is 7.30. The van der Waals surface area contributed by atoms with Gasteiger partial charge in [0, 0.05) is 0 Å². The van der Waals surface area contributed by atoms with Crippen molar-refractivity contribution in [2.24, 2.45) is 4.99 Å². The zero-order chi connectivity index (χ0) is 8.55. The van der Waals surface area contributed by atoms with Gasteiger partial charge < -0.3 is 10.4 Å². The minimum Gasteiger partial charge on any atom is -0.476 e. The van der Waals surface area contributed by atoms with Crippen LogP contribution in [0.3, 0.4) is 0 Å². The molecule has 0 unspecified atom stereocenters. The van der Waals surface area contributed by atoms with E-state index in [1.807, 2.05) is 11.4 Å². The lowest BCUT2D eigenvalue weighted by atomic mass is 10.2. The van der Waals surface area contributed by atoms with Gasteiger partial charge in [0.05, 0.1) is 10.6 Å². The van der Waals surface area contributed by atoms with Crippen LogP contribution in [0.15, 0.2) is 16.4 Å². The highest BCUT2D eigenvalue weighted by atomic mass is 32.1. The molecule has 62 valence electrons. The molecule has 2 rings (SSSR count). The number of fused-ring (bicyclic) bond motifs is 1. The van der Waals surface area contributed by atoms with Crippen LogP contribution in [-0.4, -0.2) is 23.5 Å². The Bertz CT molecular complexity index is 356. The fraction of sp³-hybridized carbons (Fsp3) is 0.143. The molecule has 2 N–H and O–H groups in total. The summed E-state index contributed by atoms with van der Waals surface area (Å²) in [5, 5.41) is 13.6. The number of hydrogen-bond acceptors (Lipinski definition) is 4. The van der Waals surface area contributed by atoms with Crippen LogP contribution in [0.25, 0.3) is 0 Å². The largest absolute Gasteiger partial charge is 0.476 e. The van der Waals surface area contributed by atoms with E-state index in [9.17, 15) is 4.79 Å². The molecule has 0 saturated heterocycles. The highest BCUT2D eigenvalue weighted by Gasteiger charge is 2.20. The minimum absolute atomic E-state index is 0.166. The van der Waals surface area contributed by atoms with E-state index in [4.69, 9.17) is 5.11 Å². The van der Waals surface area contributed by atoms with E-state index in [2.05, 4.69) is 10.3 Å². The second kappa shape index (κ2) is 2.60. The van der Waals surface area contributed by atoms with E-state index in [-0.39, 0.29) is 5.71 Å². The average Bonchev–Trinajstić information content (AvgIpc) is 2.49. The monoisotopic (exact) mass is 182 g/mol. The highest BCUT2D eigenvalue weighted by molar-refractivity contribution is 7.13. The molecule has 0 fully saturated rings. The number of aliphatic imine (C=N–C) groups is 1. The Morgan fingerprint density at radius 2 is 2.58 bits per heavy atom. The van der Waals surface area contributed by atoms with E-state index in [1.165, 1.54) is 11.3 Å². The van der Waals surface area contributed by atoms with Crippen molar-refractivity contribution in [2.45, 2.75) is 0 Å². The van der Waals surface area contributed by atoms with Crippen molar-refractivity contribution < 1.29 is 9.90 Å². The van der Waals surface area contributed by atoms with Gasteiger partial charge in [0.25, 0.3) is 0 Å². The third-order valence-corrected chi connectivity index (χ3v) is 2.51. The van der Waals surface area contributed by atoms with Crippen molar-refractivity contribution in [3.63, 3.8) is 0 Å². The summed E-state index contributed by atoms with van der Waals surface area (Å²) in [6, 6.07) is 1.86. The molecule has 1 aliphatic rings. The Morgan fingerprint density at radius 3 is 3.33 bits per heavy atom. The molecule has 4 nitrogen and oxygen atoms in total. The van der Waals surface area contributed by atoms with Crippen molar-refractivity contribution in [3.8, 4) is 0 Å². The maximum atomic E-state index is 10.7. The number of carbonyl (C=O) groups is 1. The first-order chi connectivity index (χ1) is 5.79. The Kier molecular flexibility index (Phi) is 1.58. The molecule has 1 aliphatic heterocycles. The molecule has 1 aromatic rings. The van der Waals surface area contributed by atoms with Crippen LogP contribution in [0, 0.1) is 0 Å². The molecule has 0 bridgehead atoms. The van der Waals surface area contributed by atoms with Crippen molar-refractivity contribution in [3.05, 3.63) is 16.3 Å². The molecule has 2 heterocycles. The molecule has 0 atom stereocenters. The van der Waals surface area contributed by atoms with Gasteiger partial charge in [0.1, 0.15) is 6.67 Å². The van der Waals surface area contributed by atoms with Gasteiger partial charge in [0.2, 0.25) is 0 Å². The van der Waals surface area contributed by atoms with Gasteiger partial charge >= 0.3 is 5.97 Å². The summed E-state index contributed by atoms with van der Waals surface area (Å²) < 4.78 is 0. The van der Waals surface area contributed by atoms with Gasteiger partial charge in [0.15, 0.2) is 5.71 Å². The summed E-state index contributed by atoms with van der Waals surface area (Å²) >= 11 is 1.39. The summed E-state index contributed by atoms with van der Waals surface area (Å²) in [7, 11) is 0. The predicted molar refractivity (Wildman–Crippen MR) is 47.0 cm³/mol. The maximum Gasteiger partial charge on any atom is 0.355 e. The van der Waals surface area contributed by atoms with E-state index < -0.39 is 5.97 Å². The van der Waals surface area contributed by atoms with Crippen LogP contribution in [-0.2, 0) is 4.79 Å². The van der Waals surface area contributed by atoms with E-state index in [1.54, 1.807) is 0 Å². The van der Waals surface area contributed by atoms with Gasteiger partial charge in [-0.2, -0.15) is 0 Å². The second-order valence-corrected chi connectivity index (χ2v) is 3.23. The number of nitrogens with one attached hydrogen (secondary N) is 1. The van der Waals surface area contributed by atoms with Gasteiger partial charge in [-0.3, -0.25) is 4.99 Å². The van der Waals surface area contributed by atoms with Crippen molar-refractivity contribution >= 4 is 28.7 Å². The molecule has 0 radical (unpaired) electrons. The molecule has 12 heavy (non-hydrogen) atoms. The number of aliphatic carboxylic acids is 1. The SMILES string of the molecule is O=C(O)C1=NCNc2ccsc21. The molecule has 0 saturated carbocycles. The van der Waals surface area contributed by atoms with Crippen molar-refractivity contribution in [1.82, 2.24) is 0 Å². The molecule has 0 aromatic carbocycles. The van der Waals surface area contributed by atoms with E-state index in [0.29, 0.717) is 11.5 Å². The standard InChI is InChI=1S/C7H6N2O2S/c10-7(11)5-6-4(1-2-12-6)8-3-9-5/h1-2,8H,3H2,(H,10,11). The zero-order valence-electron chi connectivity index (χ0n) is 6.07. The van der Waals surface area contributed by atoms with Crippen LogP contribution in [0.5, 0.6) is 0 Å². The maximum absolute atomic E-state index is 10.7. The first-order valence-electron chi connectivity index (χ1n) is 3.38. The topological polar surface area (TPSA) is 61.7 Å². The fourth-order valence-corrected chi connectivity index (χ4v) is 1.94. The quantitative estimate of drug-likeness (QED) is 0.681. The Morgan fingerprint density at radius 1 is 1.75 bits per heavy atom. The van der Waals surface area contributed by atoms with Crippen molar-refractivity contribution in [1.29, 1.82) is 0 Å². The van der Waals surface area contributed by atoms with E-state index in [0.717, 1.165) is 5.69 Å². The minimum atomic E-state index is -0.958. The lowest BCUT2D eigenvalue weighted by Gasteiger charge is -2.10. The number of anilines is 1. The van der Waals surface area contributed by atoms with Gasteiger partial charge in [-0.1, -0.05) is 0 Å². The third kappa shape index (κ3) is 0.984. The summed E-state index contributed by atoms with van der Waals surface area (Å²) in [6.45, 7) is 0.353. The number of nitrogens with zero attached hydrogens (tertiary/aromatic N) is 1. The lowest BCUT2D eigenvalue weighted by Crippen LogP contribution is -2.20. The number of thiophene rings is 1. The molecule has 5 heteroatoms. The summed E-state index contributed by atoms with van der Waals surface area (Å²) in [6.07, 6.45) is 0. The smallest absolute Gasteiger partial charge is 0.355 e. The number of hydrogen-bond donors (Lipinski definition) is 2. The number of carboxylic acid groups (broad SMARTS) is 1. The summed E-state index contributed by atoms with van der Waals surface area (Å²) in [4.78, 5) is 15.2. The normalized spacial score (nSPS) is 14.5. The van der Waals surface area contributed by atoms with Gasteiger partial charge in [-0.15, -0.1) is 11.3 Å². The van der Waals surface area contributed by atoms with E-state index >= 15 is 0 Å². The Hall–Kier alpha value is -1.36. The lowest BCUT2D eigenvalue weighted by molar-refractivity contribution is -0.129. The van der Waals surface area contributed by atoms with Gasteiger partial charge in [-0.25, -0.2) is 4.79 Å². The summed E-state index contributed by atoms with van der Waals surface area (Å²) in [5.41, 5.74) is 1.03. The molecule has 0 aliphatic carbocycles. The molecule has 0 amide bonds. The van der Waals surface area contributed by atoms with Crippen LogP contribution in [0.4, 0.5) is 5.69 Å². The van der Waals surface area contributed by atoms with Crippen LogP contribution < -0.4 is 5.32 Å². The van der Waals surface area contributed by atoms with Gasteiger partial charge in [-0.05, 0) is 11.4 Å². The molecule has 0 spiro atoms. The molecule has 1 aromatic heterocycles. The predicted octanol–water partition coefficient (Wildman–Crippen LogP) is 1.00. The Labute approximate surface area is 72.6 Å². The van der Waals surface area contributed by atoms with Crippen LogP contribution >= 0.6 is 11.3 Å². The second-order valence-electron chi connectivity index (χ2n) is 2.31. The van der Waals surface area contributed by atoms with Crippen LogP contribution in [0.2, 0.25) is 0 Å². The van der Waals surface area contributed by atoms with Crippen LogP contribution in [0.1, 0.15) is 4.88 Å². The van der Waals surface area contributed by atoms with Crippen molar-refractivity contribution in [2.75, 3.05) is 12.0 Å². The summed E-state index contributed by atoms with van der Waals surface area (Å²) in [5.74, 6) is -0.958. The number of rotatable bonds is 1. The zero-order valence-corrected chi connectivity index (χ0v) is 6.89.